The van der Waals surface area contributed by atoms with Crippen molar-refractivity contribution < 1.29 is 18.0 Å². The number of amides is 3. The van der Waals surface area contributed by atoms with E-state index in [0.29, 0.717) is 6.42 Å². The molecule has 1 aliphatic heterocycles. The molecule has 1 atom stereocenters. The molecular weight excluding hydrogens is 306 g/mol. The minimum absolute atomic E-state index is 0.0282. The Morgan fingerprint density at radius 3 is 2.55 bits per heavy atom. The predicted octanol–water partition coefficient (Wildman–Crippen LogP) is 0.136. The van der Waals surface area contributed by atoms with E-state index in [4.69, 9.17) is 0 Å². The molecule has 8 heteroatoms. The molecule has 0 saturated carbocycles. The van der Waals surface area contributed by atoms with Gasteiger partial charge in [0, 0.05) is 18.8 Å². The van der Waals surface area contributed by atoms with Crippen LogP contribution in [0.1, 0.15) is 6.42 Å². The second-order valence-electron chi connectivity index (χ2n) is 5.31. The number of sulfone groups is 1. The topological polar surface area (TPSA) is 95.6 Å². The molecule has 22 heavy (non-hydrogen) atoms. The van der Waals surface area contributed by atoms with Gasteiger partial charge >= 0.3 is 6.03 Å². The van der Waals surface area contributed by atoms with Gasteiger partial charge in [0.25, 0.3) is 0 Å². The maximum absolute atomic E-state index is 11.8. The standard InChI is InChI=1S/C14H19N3O4S/c1-17(12-5-3-2-4-6-12)9-13(18)16-14(19)15-11-7-8-22(20,21)10-11/h2-6,11H,7-10H2,1H3,(H2,15,16,18,19). The fraction of sp³-hybridized carbons (Fsp3) is 0.429. The van der Waals surface area contributed by atoms with Crippen LogP contribution in [0.3, 0.4) is 0 Å². The average Bonchev–Trinajstić information content (AvgIpc) is 2.78. The second-order valence-corrected chi connectivity index (χ2v) is 7.54. The van der Waals surface area contributed by atoms with Crippen LogP contribution in [0.25, 0.3) is 0 Å². The lowest BCUT2D eigenvalue weighted by Crippen LogP contribution is -2.47. The van der Waals surface area contributed by atoms with E-state index in [0.717, 1.165) is 5.69 Å². The molecule has 2 N–H and O–H groups in total. The number of nitrogens with one attached hydrogen (secondary N) is 2. The lowest BCUT2D eigenvalue weighted by molar-refractivity contribution is -0.118. The van der Waals surface area contributed by atoms with Crippen molar-refractivity contribution in [1.82, 2.24) is 10.6 Å². The lowest BCUT2D eigenvalue weighted by Gasteiger charge is -2.18. The van der Waals surface area contributed by atoms with Crippen LogP contribution in [0.2, 0.25) is 0 Å². The molecule has 1 fully saturated rings. The van der Waals surface area contributed by atoms with E-state index in [1.54, 1.807) is 11.9 Å². The third-order valence-electron chi connectivity index (χ3n) is 3.40. The second kappa shape index (κ2) is 6.78. The zero-order chi connectivity index (χ0) is 16.2. The van der Waals surface area contributed by atoms with Gasteiger partial charge in [-0.3, -0.25) is 10.1 Å². The molecule has 0 spiro atoms. The van der Waals surface area contributed by atoms with E-state index in [2.05, 4.69) is 10.6 Å². The van der Waals surface area contributed by atoms with Crippen molar-refractivity contribution in [2.24, 2.45) is 0 Å². The van der Waals surface area contributed by atoms with E-state index < -0.39 is 27.8 Å². The van der Waals surface area contributed by atoms with Crippen LogP contribution >= 0.6 is 0 Å². The van der Waals surface area contributed by atoms with Gasteiger partial charge in [0.05, 0.1) is 18.1 Å². The molecule has 2 rings (SSSR count). The summed E-state index contributed by atoms with van der Waals surface area (Å²) in [7, 11) is -1.31. The number of anilines is 1. The summed E-state index contributed by atoms with van der Waals surface area (Å²) in [6, 6.07) is 8.22. The molecule has 1 aliphatic rings. The van der Waals surface area contributed by atoms with Crippen molar-refractivity contribution in [1.29, 1.82) is 0 Å². The number of imide groups is 1. The molecule has 7 nitrogen and oxygen atoms in total. The van der Waals surface area contributed by atoms with Gasteiger partial charge in [-0.25, -0.2) is 13.2 Å². The number of rotatable bonds is 4. The van der Waals surface area contributed by atoms with Crippen LogP contribution in [-0.4, -0.2) is 51.5 Å². The maximum Gasteiger partial charge on any atom is 0.321 e. The summed E-state index contributed by atoms with van der Waals surface area (Å²) in [6.07, 6.45) is 0.383. The first-order chi connectivity index (χ1) is 10.4. The molecule has 1 heterocycles. The number of urea groups is 1. The summed E-state index contributed by atoms with van der Waals surface area (Å²) in [5.74, 6) is -0.453. The number of carbonyl (C=O) groups is 2. The van der Waals surface area contributed by atoms with Gasteiger partial charge in [-0.1, -0.05) is 18.2 Å². The molecule has 0 radical (unpaired) electrons. The SMILES string of the molecule is CN(CC(=O)NC(=O)NC1CCS(=O)(=O)C1)c1ccccc1. The van der Waals surface area contributed by atoms with E-state index in [-0.39, 0.29) is 18.1 Å². The highest BCUT2D eigenvalue weighted by Crippen LogP contribution is 2.11. The largest absolute Gasteiger partial charge is 0.365 e. The summed E-state index contributed by atoms with van der Waals surface area (Å²) in [5.41, 5.74) is 0.861. The Kier molecular flexibility index (Phi) is 5.02. The number of hydrogen-bond donors (Lipinski definition) is 2. The van der Waals surface area contributed by atoms with Gasteiger partial charge in [0.1, 0.15) is 0 Å². The summed E-state index contributed by atoms with van der Waals surface area (Å²) in [5, 5.41) is 4.72. The van der Waals surface area contributed by atoms with Gasteiger partial charge in [0.2, 0.25) is 5.91 Å². The highest BCUT2D eigenvalue weighted by Gasteiger charge is 2.29. The van der Waals surface area contributed by atoms with Crippen molar-refractivity contribution in [3.8, 4) is 0 Å². The first-order valence-corrected chi connectivity index (χ1v) is 8.75. The monoisotopic (exact) mass is 325 g/mol. The smallest absolute Gasteiger partial charge is 0.321 e. The first kappa shape index (κ1) is 16.3. The molecule has 0 aliphatic carbocycles. The minimum Gasteiger partial charge on any atom is -0.365 e. The lowest BCUT2D eigenvalue weighted by atomic mass is 10.3. The van der Waals surface area contributed by atoms with Crippen LogP contribution in [0.5, 0.6) is 0 Å². The fourth-order valence-corrected chi connectivity index (χ4v) is 3.96. The first-order valence-electron chi connectivity index (χ1n) is 6.93. The van der Waals surface area contributed by atoms with Gasteiger partial charge in [-0.15, -0.1) is 0 Å². The molecular formula is C14H19N3O4S. The van der Waals surface area contributed by atoms with E-state index in [1.165, 1.54) is 0 Å². The molecule has 0 bridgehead atoms. The predicted molar refractivity (Wildman–Crippen MR) is 83.4 cm³/mol. The minimum atomic E-state index is -3.06. The van der Waals surface area contributed by atoms with Crippen molar-refractivity contribution in [3.63, 3.8) is 0 Å². The van der Waals surface area contributed by atoms with Gasteiger partial charge in [0.15, 0.2) is 9.84 Å². The Hall–Kier alpha value is -2.09. The highest BCUT2D eigenvalue weighted by molar-refractivity contribution is 7.91. The van der Waals surface area contributed by atoms with Crippen LogP contribution in [0.4, 0.5) is 10.5 Å². The molecule has 1 unspecified atom stereocenters. The highest BCUT2D eigenvalue weighted by atomic mass is 32.2. The zero-order valence-corrected chi connectivity index (χ0v) is 13.1. The Balaban J connectivity index is 1.78. The van der Waals surface area contributed by atoms with Crippen molar-refractivity contribution in [2.75, 3.05) is 30.0 Å². The van der Waals surface area contributed by atoms with Crippen LogP contribution in [0, 0.1) is 0 Å². The molecule has 120 valence electrons. The average molecular weight is 325 g/mol. The molecule has 1 aromatic carbocycles. The zero-order valence-electron chi connectivity index (χ0n) is 12.3. The summed E-state index contributed by atoms with van der Waals surface area (Å²) in [4.78, 5) is 25.2. The normalized spacial score (nSPS) is 19.4. The van der Waals surface area contributed by atoms with Gasteiger partial charge in [-0.2, -0.15) is 0 Å². The molecule has 1 saturated heterocycles. The maximum atomic E-state index is 11.8. The number of benzene rings is 1. The Bertz CT molecular complexity index is 645. The molecule has 3 amide bonds. The Morgan fingerprint density at radius 1 is 1.27 bits per heavy atom. The number of nitrogens with zero attached hydrogens (tertiary/aromatic N) is 1. The van der Waals surface area contributed by atoms with Crippen LogP contribution < -0.4 is 15.5 Å². The number of likely N-dealkylation sites (N-methyl/N-ethyl adjacent to an activating group) is 1. The van der Waals surface area contributed by atoms with E-state index in [9.17, 15) is 18.0 Å². The molecule has 0 aromatic heterocycles. The Morgan fingerprint density at radius 2 is 1.95 bits per heavy atom. The van der Waals surface area contributed by atoms with Gasteiger partial charge in [-0.05, 0) is 18.6 Å². The number of carbonyl (C=O) groups excluding carboxylic acids is 2. The van der Waals surface area contributed by atoms with Crippen molar-refractivity contribution in [3.05, 3.63) is 30.3 Å². The third-order valence-corrected chi connectivity index (χ3v) is 5.17. The van der Waals surface area contributed by atoms with Crippen LogP contribution in [0.15, 0.2) is 30.3 Å². The summed E-state index contributed by atoms with van der Waals surface area (Å²) < 4.78 is 22.6. The van der Waals surface area contributed by atoms with E-state index >= 15 is 0 Å². The Labute approximate surface area is 129 Å². The fourth-order valence-electron chi connectivity index (χ4n) is 2.29. The molecule has 1 aromatic rings. The van der Waals surface area contributed by atoms with Crippen molar-refractivity contribution in [2.45, 2.75) is 12.5 Å². The summed E-state index contributed by atoms with van der Waals surface area (Å²) >= 11 is 0. The van der Waals surface area contributed by atoms with Crippen molar-refractivity contribution >= 4 is 27.5 Å². The summed E-state index contributed by atoms with van der Waals surface area (Å²) in [6.45, 7) is 0.0282. The number of para-hydroxylation sites is 1. The van der Waals surface area contributed by atoms with E-state index in [1.807, 2.05) is 30.3 Å². The number of hydrogen-bond acceptors (Lipinski definition) is 5. The third kappa shape index (κ3) is 4.73. The van der Waals surface area contributed by atoms with Crippen LogP contribution in [-0.2, 0) is 14.6 Å². The van der Waals surface area contributed by atoms with Gasteiger partial charge < -0.3 is 10.2 Å². The quantitative estimate of drug-likeness (QED) is 0.821.